The average Bonchev–Trinajstić information content (AvgIpc) is 2.45. The smallest absolute Gasteiger partial charge is 0.353 e. The largest absolute Gasteiger partial charge is 0.393 e. The molecule has 1 aliphatic heterocycles. The molecule has 2 atom stereocenters. The maximum Gasteiger partial charge on any atom is 0.353 e. The lowest BCUT2D eigenvalue weighted by atomic mass is 10.2. The minimum absolute atomic E-state index is 0.214. The summed E-state index contributed by atoms with van der Waals surface area (Å²) < 4.78 is 33.5. The molecule has 0 unspecified atom stereocenters. The van der Waals surface area contributed by atoms with Gasteiger partial charge < -0.3 is 23.6 Å². The van der Waals surface area contributed by atoms with Gasteiger partial charge in [0.1, 0.15) is 6.10 Å². The molecule has 1 N–H and O–H groups in total. The Morgan fingerprint density at radius 2 is 2.05 bits per heavy atom. The van der Waals surface area contributed by atoms with Gasteiger partial charge in [-0.05, 0) is 39.2 Å². The molecule has 0 aromatic rings. The van der Waals surface area contributed by atoms with Crippen LogP contribution in [0.2, 0.25) is 0 Å². The van der Waals surface area contributed by atoms with E-state index >= 15 is 0 Å². The monoisotopic (exact) mass is 308 g/mol. The molecular weight excluding hydrogens is 283 g/mol. The van der Waals surface area contributed by atoms with Crippen LogP contribution in [0, 0.1) is 0 Å². The first-order chi connectivity index (χ1) is 9.63. The van der Waals surface area contributed by atoms with Crippen LogP contribution in [0.4, 0.5) is 0 Å². The predicted octanol–water partition coefficient (Wildman–Crippen LogP) is 2.67. The molecule has 1 fully saturated rings. The Hall–Kier alpha value is -0.230. The lowest BCUT2D eigenvalue weighted by Gasteiger charge is -2.25. The van der Waals surface area contributed by atoms with Crippen LogP contribution in [0.15, 0.2) is 11.9 Å². The molecule has 118 valence electrons. The fraction of sp³-hybridized carbons (Fsp3) is 0.846. The molecule has 0 saturated carbocycles. The van der Waals surface area contributed by atoms with Gasteiger partial charge in [-0.3, -0.25) is 4.57 Å². The molecular formula is C13H25O6P. The first kappa shape index (κ1) is 17.8. The van der Waals surface area contributed by atoms with E-state index in [0.29, 0.717) is 6.61 Å². The molecule has 1 saturated heterocycles. The Morgan fingerprint density at radius 1 is 1.35 bits per heavy atom. The summed E-state index contributed by atoms with van der Waals surface area (Å²) in [5.41, 5.74) is 0. The van der Waals surface area contributed by atoms with Gasteiger partial charge in [-0.1, -0.05) is 0 Å². The summed E-state index contributed by atoms with van der Waals surface area (Å²) in [6.07, 6.45) is 3.51. The van der Waals surface area contributed by atoms with E-state index in [1.807, 2.05) is 0 Å². The highest BCUT2D eigenvalue weighted by Gasteiger charge is 2.22. The van der Waals surface area contributed by atoms with Gasteiger partial charge in [-0.25, -0.2) is 0 Å². The summed E-state index contributed by atoms with van der Waals surface area (Å²) in [6, 6.07) is 0. The van der Waals surface area contributed by atoms with E-state index < -0.39 is 13.7 Å². The van der Waals surface area contributed by atoms with Crippen molar-refractivity contribution in [3.8, 4) is 0 Å². The average molecular weight is 308 g/mol. The van der Waals surface area contributed by atoms with Crippen LogP contribution in [0.1, 0.15) is 33.1 Å². The van der Waals surface area contributed by atoms with Crippen molar-refractivity contribution in [1.82, 2.24) is 0 Å². The molecule has 1 heterocycles. The van der Waals surface area contributed by atoms with E-state index in [0.717, 1.165) is 19.3 Å². The van der Waals surface area contributed by atoms with Gasteiger partial charge in [0, 0.05) is 12.4 Å². The van der Waals surface area contributed by atoms with Crippen molar-refractivity contribution < 1.29 is 28.2 Å². The molecule has 0 radical (unpaired) electrons. The Morgan fingerprint density at radius 3 is 2.55 bits per heavy atom. The number of ether oxygens (including phenoxy) is 2. The SMILES string of the molecule is CCOP(=O)(/C=C/[C@@H](CO)O[C@@H]1CCCCO1)OCC. The highest BCUT2D eigenvalue weighted by molar-refractivity contribution is 7.57. The molecule has 1 rings (SSSR count). The molecule has 0 aliphatic carbocycles. The third-order valence-corrected chi connectivity index (χ3v) is 4.52. The van der Waals surface area contributed by atoms with E-state index in [4.69, 9.17) is 18.5 Å². The predicted molar refractivity (Wildman–Crippen MR) is 75.5 cm³/mol. The maximum atomic E-state index is 12.2. The lowest BCUT2D eigenvalue weighted by Crippen LogP contribution is -2.28. The zero-order valence-electron chi connectivity index (χ0n) is 12.2. The zero-order chi connectivity index (χ0) is 14.8. The van der Waals surface area contributed by atoms with E-state index in [1.54, 1.807) is 13.8 Å². The molecule has 0 spiro atoms. The summed E-state index contributed by atoms with van der Waals surface area (Å²) in [4.78, 5) is 0. The molecule has 0 aromatic heterocycles. The van der Waals surface area contributed by atoms with Crippen LogP contribution in [0.5, 0.6) is 0 Å². The minimum Gasteiger partial charge on any atom is -0.393 e. The Bertz CT molecular complexity index is 317. The van der Waals surface area contributed by atoms with Gasteiger partial charge in [0.05, 0.1) is 19.8 Å². The van der Waals surface area contributed by atoms with Gasteiger partial charge in [0.15, 0.2) is 6.29 Å². The minimum atomic E-state index is -3.25. The highest BCUT2D eigenvalue weighted by atomic mass is 31.2. The zero-order valence-corrected chi connectivity index (χ0v) is 13.1. The maximum absolute atomic E-state index is 12.2. The van der Waals surface area contributed by atoms with Crippen molar-refractivity contribution >= 4 is 7.60 Å². The van der Waals surface area contributed by atoms with Crippen molar-refractivity contribution in [3.63, 3.8) is 0 Å². The van der Waals surface area contributed by atoms with Crippen molar-refractivity contribution in [2.75, 3.05) is 26.4 Å². The van der Waals surface area contributed by atoms with Crippen molar-refractivity contribution in [2.24, 2.45) is 0 Å². The number of hydrogen-bond donors (Lipinski definition) is 1. The quantitative estimate of drug-likeness (QED) is 0.660. The highest BCUT2D eigenvalue weighted by Crippen LogP contribution is 2.49. The second-order valence-corrected chi connectivity index (χ2v) is 6.26. The standard InChI is InChI=1S/C13H25O6P/c1-3-17-20(15,18-4-2)10-8-12(11-14)19-13-7-5-6-9-16-13/h8,10,12-14H,3-7,9,11H2,1-2H3/b10-8+/t12-,13+/m0/s1. The number of aliphatic hydroxyl groups is 1. The van der Waals surface area contributed by atoms with Crippen LogP contribution >= 0.6 is 7.60 Å². The number of rotatable bonds is 9. The molecule has 1 aliphatic rings. The van der Waals surface area contributed by atoms with E-state index in [-0.39, 0.29) is 26.1 Å². The molecule has 20 heavy (non-hydrogen) atoms. The summed E-state index contributed by atoms with van der Waals surface area (Å²) in [5.74, 6) is 1.35. The second-order valence-electron chi connectivity index (χ2n) is 4.37. The Balaban J connectivity index is 2.55. The number of hydrogen-bond acceptors (Lipinski definition) is 6. The fourth-order valence-electron chi connectivity index (χ4n) is 1.85. The topological polar surface area (TPSA) is 74.2 Å². The van der Waals surface area contributed by atoms with Gasteiger partial charge >= 0.3 is 7.60 Å². The van der Waals surface area contributed by atoms with Crippen LogP contribution in [-0.4, -0.2) is 43.9 Å². The van der Waals surface area contributed by atoms with Gasteiger partial charge in [-0.2, -0.15) is 0 Å². The second kappa shape index (κ2) is 9.66. The van der Waals surface area contributed by atoms with Crippen LogP contribution in [0.3, 0.4) is 0 Å². The first-order valence-electron chi connectivity index (χ1n) is 7.09. The summed E-state index contributed by atoms with van der Waals surface area (Å²) in [6.45, 7) is 4.53. The third-order valence-electron chi connectivity index (χ3n) is 2.75. The van der Waals surface area contributed by atoms with Crippen molar-refractivity contribution in [1.29, 1.82) is 0 Å². The molecule has 7 heteroatoms. The van der Waals surface area contributed by atoms with E-state index in [1.165, 1.54) is 11.9 Å². The van der Waals surface area contributed by atoms with Crippen LogP contribution in [0.25, 0.3) is 0 Å². The summed E-state index contributed by atoms with van der Waals surface area (Å²) >= 11 is 0. The summed E-state index contributed by atoms with van der Waals surface area (Å²) in [5, 5.41) is 9.31. The number of aliphatic hydroxyl groups excluding tert-OH is 1. The van der Waals surface area contributed by atoms with Gasteiger partial charge in [0.25, 0.3) is 0 Å². The molecule has 6 nitrogen and oxygen atoms in total. The first-order valence-corrected chi connectivity index (χ1v) is 8.70. The lowest BCUT2D eigenvalue weighted by molar-refractivity contribution is -0.184. The van der Waals surface area contributed by atoms with Crippen LogP contribution in [-0.2, 0) is 23.1 Å². The van der Waals surface area contributed by atoms with E-state index in [2.05, 4.69) is 0 Å². The summed E-state index contributed by atoms with van der Waals surface area (Å²) in [7, 11) is -3.25. The van der Waals surface area contributed by atoms with Crippen molar-refractivity contribution in [2.45, 2.75) is 45.5 Å². The fourth-order valence-corrected chi connectivity index (χ4v) is 3.22. The van der Waals surface area contributed by atoms with E-state index in [9.17, 15) is 9.67 Å². The normalized spacial score (nSPS) is 22.2. The molecule has 0 aromatic carbocycles. The van der Waals surface area contributed by atoms with Crippen LogP contribution < -0.4 is 0 Å². The van der Waals surface area contributed by atoms with Gasteiger partial charge in [-0.15, -0.1) is 0 Å². The molecule has 0 amide bonds. The Labute approximate surface area is 120 Å². The molecule has 0 bridgehead atoms. The Kier molecular flexibility index (Phi) is 8.61. The third kappa shape index (κ3) is 6.48. The van der Waals surface area contributed by atoms with Gasteiger partial charge in [0.2, 0.25) is 0 Å². The van der Waals surface area contributed by atoms with Crippen molar-refractivity contribution in [3.05, 3.63) is 11.9 Å².